The molecule has 58 heavy (non-hydrogen) atoms. The maximum atomic E-state index is 14.3. The first kappa shape index (κ1) is 48.3. The molecule has 0 saturated carbocycles. The third kappa shape index (κ3) is 10.7. The predicted octanol–water partition coefficient (Wildman–Crippen LogP) is 4.67. The largest absolute Gasteiger partial charge is 0.489 e. The van der Waals surface area contributed by atoms with Gasteiger partial charge in [0.25, 0.3) is 0 Å². The number of nitrogens with zero attached hydrogens (tertiary/aromatic N) is 1. The summed E-state index contributed by atoms with van der Waals surface area (Å²) in [6.07, 6.45) is -6.93. The third-order valence-electron chi connectivity index (χ3n) is 13.1. The number of aliphatic hydroxyl groups is 2. The van der Waals surface area contributed by atoms with E-state index in [4.69, 9.17) is 42.6 Å². The van der Waals surface area contributed by atoms with Gasteiger partial charge >= 0.3 is 17.9 Å². The summed E-state index contributed by atoms with van der Waals surface area (Å²) >= 11 is 0. The highest BCUT2D eigenvalue weighted by atomic mass is 16.7. The van der Waals surface area contributed by atoms with E-state index in [0.29, 0.717) is 25.0 Å². The number of rotatable bonds is 12. The van der Waals surface area contributed by atoms with Gasteiger partial charge in [0, 0.05) is 50.2 Å². The molecule has 3 saturated heterocycles. The van der Waals surface area contributed by atoms with Gasteiger partial charge in [0.05, 0.1) is 55.4 Å². The number of hydrogen-bond donors (Lipinski definition) is 2. The number of esters is 3. The molecule has 0 aromatic carbocycles. The summed E-state index contributed by atoms with van der Waals surface area (Å²) in [7, 11) is 5.38. The van der Waals surface area contributed by atoms with E-state index in [1.54, 1.807) is 27.7 Å². The molecule has 2 N–H and O–H groups in total. The van der Waals surface area contributed by atoms with E-state index in [2.05, 4.69) is 0 Å². The van der Waals surface area contributed by atoms with Gasteiger partial charge in [-0.15, -0.1) is 0 Å². The van der Waals surface area contributed by atoms with Gasteiger partial charge in [0.1, 0.15) is 29.7 Å². The maximum Gasteiger partial charge on any atom is 0.311 e. The van der Waals surface area contributed by atoms with Crippen LogP contribution in [0, 0.1) is 23.7 Å². The quantitative estimate of drug-likeness (QED) is 0.205. The molecule has 4 heterocycles. The van der Waals surface area contributed by atoms with E-state index in [-0.39, 0.29) is 38.0 Å². The molecular weight excluding hydrogens is 754 g/mol. The van der Waals surface area contributed by atoms with Crippen molar-refractivity contribution in [2.75, 3.05) is 27.8 Å². The minimum atomic E-state index is -1.08. The minimum absolute atomic E-state index is 0.131. The monoisotopic (exact) mass is 828 g/mol. The highest BCUT2D eigenvalue weighted by Crippen LogP contribution is 2.47. The van der Waals surface area contributed by atoms with Crippen molar-refractivity contribution in [2.24, 2.45) is 23.7 Å². The number of fused-ring (bicyclic) bond motifs is 2. The van der Waals surface area contributed by atoms with Gasteiger partial charge < -0.3 is 57.7 Å². The van der Waals surface area contributed by atoms with Crippen molar-refractivity contribution < 1.29 is 67.2 Å². The van der Waals surface area contributed by atoms with Crippen molar-refractivity contribution in [3.05, 3.63) is 11.3 Å². The van der Waals surface area contributed by atoms with E-state index in [1.807, 2.05) is 67.5 Å². The Balaban J connectivity index is 1.81. The summed E-state index contributed by atoms with van der Waals surface area (Å²) < 4.78 is 56.9. The molecule has 334 valence electrons. The second-order valence-corrected chi connectivity index (χ2v) is 17.8. The van der Waals surface area contributed by atoms with Crippen LogP contribution in [0.2, 0.25) is 0 Å². The second-order valence-electron chi connectivity index (χ2n) is 17.8. The van der Waals surface area contributed by atoms with E-state index in [9.17, 15) is 24.6 Å². The van der Waals surface area contributed by atoms with Gasteiger partial charge in [-0.2, -0.15) is 0 Å². The van der Waals surface area contributed by atoms with Gasteiger partial charge in [-0.3, -0.25) is 14.4 Å². The second kappa shape index (κ2) is 20.0. The van der Waals surface area contributed by atoms with Crippen LogP contribution in [0.3, 0.4) is 0 Å². The summed E-state index contributed by atoms with van der Waals surface area (Å²) in [5.74, 6) is -3.35. The number of aliphatic hydroxyl groups excluding tert-OH is 2. The molecule has 0 aromatic rings. The van der Waals surface area contributed by atoms with E-state index in [1.165, 1.54) is 7.11 Å². The molecule has 0 aromatic heterocycles. The zero-order chi connectivity index (χ0) is 43.4. The van der Waals surface area contributed by atoms with Crippen LogP contribution in [0.1, 0.15) is 115 Å². The van der Waals surface area contributed by atoms with E-state index in [0.717, 1.165) is 5.57 Å². The molecule has 4 aliphatic heterocycles. The van der Waals surface area contributed by atoms with Gasteiger partial charge in [-0.25, -0.2) is 0 Å². The summed E-state index contributed by atoms with van der Waals surface area (Å²) in [4.78, 5) is 41.7. The first-order valence-electron chi connectivity index (χ1n) is 21.2. The molecule has 0 unspecified atom stereocenters. The Hall–Kier alpha value is -2.37. The van der Waals surface area contributed by atoms with Crippen LogP contribution in [0.5, 0.6) is 0 Å². The van der Waals surface area contributed by atoms with Crippen molar-refractivity contribution in [2.45, 2.75) is 193 Å². The highest BCUT2D eigenvalue weighted by Gasteiger charge is 2.55. The van der Waals surface area contributed by atoms with Crippen molar-refractivity contribution in [1.29, 1.82) is 0 Å². The molecule has 15 nitrogen and oxygen atoms in total. The Bertz CT molecular complexity index is 1440. The number of likely N-dealkylation sites (N-methyl/N-ethyl adjacent to an activating group) is 1. The lowest BCUT2D eigenvalue weighted by atomic mass is 9.79. The van der Waals surface area contributed by atoms with Crippen molar-refractivity contribution in [3.8, 4) is 0 Å². The lowest BCUT2D eigenvalue weighted by molar-refractivity contribution is -0.317. The van der Waals surface area contributed by atoms with E-state index >= 15 is 0 Å². The summed E-state index contributed by atoms with van der Waals surface area (Å²) in [5.41, 5.74) is -1.14. The number of carbonyl (C=O) groups excluding carboxylic acids is 3. The minimum Gasteiger partial charge on any atom is -0.489 e. The molecule has 0 aliphatic carbocycles. The Kier molecular flexibility index (Phi) is 16.7. The first-order chi connectivity index (χ1) is 27.1. The molecular formula is C43H73NO14. The molecule has 15 heteroatoms. The molecule has 0 radical (unpaired) electrons. The Labute approximate surface area is 345 Å². The molecule has 3 fully saturated rings. The van der Waals surface area contributed by atoms with Crippen LogP contribution in [-0.4, -0.2) is 139 Å². The van der Waals surface area contributed by atoms with Crippen molar-refractivity contribution >= 4 is 17.9 Å². The normalized spacial score (nSPS) is 42.8. The Morgan fingerprint density at radius 1 is 0.914 bits per heavy atom. The summed E-state index contributed by atoms with van der Waals surface area (Å²) in [5, 5.41) is 22.8. The van der Waals surface area contributed by atoms with Crippen molar-refractivity contribution in [3.63, 3.8) is 0 Å². The molecule has 0 spiro atoms. The predicted molar refractivity (Wildman–Crippen MR) is 212 cm³/mol. The fraction of sp³-hybridized carbons (Fsp3) is 0.884. The topological polar surface area (TPSA) is 178 Å². The molecule has 4 rings (SSSR count). The number of cyclic esters (lactones) is 1. The number of methoxy groups -OCH3 is 1. The number of carbonyl (C=O) groups is 3. The summed E-state index contributed by atoms with van der Waals surface area (Å²) in [6, 6.07) is -0.133. The van der Waals surface area contributed by atoms with Gasteiger partial charge in [-0.05, 0) is 74.6 Å². The maximum absolute atomic E-state index is 14.3. The van der Waals surface area contributed by atoms with Gasteiger partial charge in [0.15, 0.2) is 18.7 Å². The van der Waals surface area contributed by atoms with Crippen LogP contribution in [0.4, 0.5) is 0 Å². The zero-order valence-electron chi connectivity index (χ0n) is 37.4. The smallest absolute Gasteiger partial charge is 0.311 e. The fourth-order valence-electron chi connectivity index (χ4n) is 9.47. The average molecular weight is 828 g/mol. The number of ether oxygens (including phenoxy) is 9. The lowest BCUT2D eigenvalue weighted by Crippen LogP contribution is -2.60. The first-order valence-corrected chi connectivity index (χ1v) is 21.2. The molecule has 2 bridgehead atoms. The lowest BCUT2D eigenvalue weighted by Gasteiger charge is -2.48. The average Bonchev–Trinajstić information content (AvgIpc) is 3.49. The van der Waals surface area contributed by atoms with Crippen LogP contribution < -0.4 is 0 Å². The Morgan fingerprint density at radius 2 is 1.57 bits per heavy atom. The van der Waals surface area contributed by atoms with Crippen LogP contribution in [0.25, 0.3) is 0 Å². The summed E-state index contributed by atoms with van der Waals surface area (Å²) in [6.45, 7) is 20.7. The standard InChI is InChI=1S/C43H73NO14/c1-15-30-23(4)35(47)24(5)36-22(3)20-43(11,58-36)39(25(6)37(26(7)40(49)55-30)56-34-21-42(10,50-14)38(48)28(9)52-34)57-41-31(19-29(44(12)13)27(8)53-41)54-33(46)18-17-32(45)51-16-2/h23-31,34-35,37-39,41,47-48H,15-21H2,1-14H3/t23-,24+,25+,26-,27-,28+,29-,30+,31-,34-,35+,37-,38+,39+,41-,42-,43-/m0/s1. The molecule has 4 aliphatic rings. The van der Waals surface area contributed by atoms with Gasteiger partial charge in [0.2, 0.25) is 0 Å². The SMILES string of the molecule is CCOC(=O)CCC(=O)O[C@H]1C[C@H](N(C)C)[C@H](C)O[C@H]1O[C@@H]1[C@H](C)[C@H](O[C@H]2C[C@](C)(OC)[C@H](O)[C@@H](C)O2)[C@H](C)C(=O)O[C@H](CC)[C@H](C)[C@@H](O)[C@@H](C)C2=C(C)C[C@]1(C)O2. The molecule has 17 atom stereocenters. The Morgan fingerprint density at radius 3 is 2.17 bits per heavy atom. The van der Waals surface area contributed by atoms with E-state index < -0.39 is 108 Å². The van der Waals surface area contributed by atoms with Crippen LogP contribution >= 0.6 is 0 Å². The number of hydrogen-bond acceptors (Lipinski definition) is 15. The van der Waals surface area contributed by atoms with Crippen molar-refractivity contribution in [1.82, 2.24) is 4.90 Å². The highest BCUT2D eigenvalue weighted by molar-refractivity contribution is 5.77. The zero-order valence-corrected chi connectivity index (χ0v) is 37.4. The van der Waals surface area contributed by atoms with Crippen LogP contribution in [-0.2, 0) is 57.0 Å². The molecule has 0 amide bonds. The van der Waals surface area contributed by atoms with Gasteiger partial charge in [-0.1, -0.05) is 27.7 Å². The third-order valence-corrected chi connectivity index (χ3v) is 13.1. The van der Waals surface area contributed by atoms with Crippen LogP contribution in [0.15, 0.2) is 11.3 Å². The fourth-order valence-corrected chi connectivity index (χ4v) is 9.47.